The van der Waals surface area contributed by atoms with Crippen molar-refractivity contribution in [2.75, 3.05) is 41.8 Å². The third-order valence-corrected chi connectivity index (χ3v) is 7.22. The van der Waals surface area contributed by atoms with Crippen LogP contribution in [0.15, 0.2) is 72.8 Å². The summed E-state index contributed by atoms with van der Waals surface area (Å²) in [7, 11) is -3.53. The average molecular weight is 514 g/mol. The number of anilines is 2. The number of halogens is 1. The van der Waals surface area contributed by atoms with Gasteiger partial charge < -0.3 is 15.0 Å². The Morgan fingerprint density at radius 3 is 2.14 bits per heavy atom. The van der Waals surface area contributed by atoms with Gasteiger partial charge in [-0.15, -0.1) is 0 Å². The summed E-state index contributed by atoms with van der Waals surface area (Å²) >= 11 is 5.93. The molecule has 0 atom stereocenters. The molecule has 0 saturated carbocycles. The van der Waals surface area contributed by atoms with E-state index in [4.69, 9.17) is 16.3 Å². The lowest BCUT2D eigenvalue weighted by molar-refractivity contribution is 0.0951. The summed E-state index contributed by atoms with van der Waals surface area (Å²) < 4.78 is 31.5. The minimum absolute atomic E-state index is 0.169. The molecule has 3 aromatic rings. The number of benzene rings is 3. The number of sulfonamides is 1. The van der Waals surface area contributed by atoms with E-state index >= 15 is 0 Å². The van der Waals surface area contributed by atoms with Crippen LogP contribution in [-0.2, 0) is 27.8 Å². The second-order valence-corrected chi connectivity index (χ2v) is 10.7. The van der Waals surface area contributed by atoms with Gasteiger partial charge in [-0.2, -0.15) is 0 Å². The molecule has 0 bridgehead atoms. The molecule has 35 heavy (non-hydrogen) atoms. The highest BCUT2D eigenvalue weighted by atomic mass is 35.5. The van der Waals surface area contributed by atoms with Crippen molar-refractivity contribution < 1.29 is 17.9 Å². The maximum atomic E-state index is 12.7. The average Bonchev–Trinajstić information content (AvgIpc) is 2.87. The van der Waals surface area contributed by atoms with Gasteiger partial charge in [0.05, 0.1) is 31.7 Å². The van der Waals surface area contributed by atoms with Gasteiger partial charge in [-0.25, -0.2) is 8.42 Å². The van der Waals surface area contributed by atoms with Crippen molar-refractivity contribution in [3.63, 3.8) is 0 Å². The number of hydrogen-bond acceptors (Lipinski definition) is 5. The van der Waals surface area contributed by atoms with Gasteiger partial charge in [0.1, 0.15) is 0 Å². The van der Waals surface area contributed by atoms with Gasteiger partial charge >= 0.3 is 0 Å². The van der Waals surface area contributed by atoms with Crippen LogP contribution < -0.4 is 14.5 Å². The monoisotopic (exact) mass is 513 g/mol. The van der Waals surface area contributed by atoms with E-state index in [2.05, 4.69) is 22.3 Å². The van der Waals surface area contributed by atoms with Crippen LogP contribution in [0.25, 0.3) is 0 Å². The van der Waals surface area contributed by atoms with Gasteiger partial charge in [0.15, 0.2) is 0 Å². The van der Waals surface area contributed by atoms with Crippen LogP contribution >= 0.6 is 11.6 Å². The highest BCUT2D eigenvalue weighted by Crippen LogP contribution is 2.22. The molecule has 0 radical (unpaired) electrons. The van der Waals surface area contributed by atoms with Crippen LogP contribution in [0.5, 0.6) is 0 Å². The van der Waals surface area contributed by atoms with E-state index in [9.17, 15) is 13.2 Å². The number of rotatable bonds is 8. The lowest BCUT2D eigenvalue weighted by atomic mass is 10.1. The Morgan fingerprint density at radius 2 is 1.54 bits per heavy atom. The van der Waals surface area contributed by atoms with Crippen LogP contribution in [0, 0.1) is 0 Å². The van der Waals surface area contributed by atoms with E-state index in [0.717, 1.165) is 49.4 Å². The molecule has 1 fully saturated rings. The molecule has 3 aromatic carbocycles. The Morgan fingerprint density at radius 1 is 0.943 bits per heavy atom. The number of carbonyl (C=O) groups is 1. The Kier molecular flexibility index (Phi) is 7.95. The molecule has 1 amide bonds. The van der Waals surface area contributed by atoms with Crippen molar-refractivity contribution in [3.05, 3.63) is 94.5 Å². The van der Waals surface area contributed by atoms with Crippen LogP contribution in [0.4, 0.5) is 11.4 Å². The fourth-order valence-electron chi connectivity index (χ4n) is 3.87. The zero-order valence-corrected chi connectivity index (χ0v) is 21.1. The fraction of sp³-hybridized carbons (Fsp3) is 0.269. The number of hydrogen-bond donors (Lipinski definition) is 1. The van der Waals surface area contributed by atoms with Crippen LogP contribution in [-0.4, -0.2) is 46.9 Å². The largest absolute Gasteiger partial charge is 0.378 e. The quantitative estimate of drug-likeness (QED) is 0.491. The number of amides is 1. The highest BCUT2D eigenvalue weighted by molar-refractivity contribution is 7.92. The molecule has 0 aliphatic carbocycles. The molecule has 4 rings (SSSR count). The summed E-state index contributed by atoms with van der Waals surface area (Å²) in [5, 5.41) is 3.51. The summed E-state index contributed by atoms with van der Waals surface area (Å²) in [5.41, 5.74) is 3.89. The zero-order valence-electron chi connectivity index (χ0n) is 19.5. The Bertz CT molecular complexity index is 1240. The van der Waals surface area contributed by atoms with Crippen molar-refractivity contribution in [2.45, 2.75) is 13.1 Å². The van der Waals surface area contributed by atoms with Gasteiger partial charge in [0.25, 0.3) is 5.91 Å². The first-order chi connectivity index (χ1) is 16.8. The molecular formula is C26H28ClN3O4S. The lowest BCUT2D eigenvalue weighted by Gasteiger charge is -2.28. The second kappa shape index (κ2) is 11.1. The van der Waals surface area contributed by atoms with Crippen LogP contribution in [0.1, 0.15) is 21.5 Å². The highest BCUT2D eigenvalue weighted by Gasteiger charge is 2.18. The topological polar surface area (TPSA) is 79.0 Å². The van der Waals surface area contributed by atoms with E-state index < -0.39 is 10.0 Å². The van der Waals surface area contributed by atoms with Crippen LogP contribution in [0.2, 0.25) is 5.02 Å². The standard InChI is InChI=1S/C26H28ClN3O4S/c1-35(32,33)30(19-21-2-8-23(27)9-3-21)25-12-6-22(7-13-25)26(31)28-18-20-4-10-24(11-5-20)29-14-16-34-17-15-29/h2-13H,14-19H2,1H3,(H,28,31). The predicted octanol–water partition coefficient (Wildman–Crippen LogP) is 4.07. The fourth-order valence-corrected chi connectivity index (χ4v) is 4.88. The number of carbonyl (C=O) groups excluding carboxylic acids is 1. The molecule has 0 aromatic heterocycles. The van der Waals surface area contributed by atoms with E-state index in [1.165, 1.54) is 4.31 Å². The molecule has 1 aliphatic rings. The van der Waals surface area contributed by atoms with Crippen molar-refractivity contribution in [1.29, 1.82) is 0 Å². The van der Waals surface area contributed by atoms with Gasteiger partial charge in [0.2, 0.25) is 10.0 Å². The first-order valence-electron chi connectivity index (χ1n) is 11.3. The van der Waals surface area contributed by atoms with Gasteiger partial charge in [-0.1, -0.05) is 35.9 Å². The maximum Gasteiger partial charge on any atom is 0.251 e. The maximum absolute atomic E-state index is 12.7. The van der Waals surface area contributed by atoms with Crippen LogP contribution in [0.3, 0.4) is 0 Å². The summed E-state index contributed by atoms with van der Waals surface area (Å²) in [6.07, 6.45) is 1.16. The molecule has 1 N–H and O–H groups in total. The number of nitrogens with zero attached hydrogens (tertiary/aromatic N) is 2. The molecule has 184 valence electrons. The summed E-state index contributed by atoms with van der Waals surface area (Å²) in [4.78, 5) is 14.9. The zero-order chi connectivity index (χ0) is 24.8. The van der Waals surface area contributed by atoms with Gasteiger partial charge in [0, 0.05) is 35.9 Å². The number of ether oxygens (including phenoxy) is 1. The summed E-state index contributed by atoms with van der Waals surface area (Å²) in [5.74, 6) is -0.225. The van der Waals surface area contributed by atoms with Gasteiger partial charge in [-0.3, -0.25) is 9.10 Å². The molecule has 7 nitrogen and oxygen atoms in total. The third-order valence-electron chi connectivity index (χ3n) is 5.82. The molecule has 1 aliphatic heterocycles. The van der Waals surface area contributed by atoms with E-state index in [1.54, 1.807) is 48.5 Å². The Balaban J connectivity index is 1.38. The van der Waals surface area contributed by atoms with Crippen molar-refractivity contribution in [3.8, 4) is 0 Å². The van der Waals surface area contributed by atoms with Crippen molar-refractivity contribution in [1.82, 2.24) is 5.32 Å². The first kappa shape index (κ1) is 25.0. The Labute approximate surface area is 211 Å². The summed E-state index contributed by atoms with van der Waals surface area (Å²) in [6, 6.07) is 21.7. The minimum atomic E-state index is -3.53. The number of morpholine rings is 1. The first-order valence-corrected chi connectivity index (χ1v) is 13.5. The molecule has 0 spiro atoms. The SMILES string of the molecule is CS(=O)(=O)N(Cc1ccc(Cl)cc1)c1ccc(C(=O)NCc2ccc(N3CCOCC3)cc2)cc1. The molecule has 1 saturated heterocycles. The van der Waals surface area contributed by atoms with E-state index in [-0.39, 0.29) is 12.5 Å². The lowest BCUT2D eigenvalue weighted by Crippen LogP contribution is -2.36. The molecule has 9 heteroatoms. The molecule has 1 heterocycles. The smallest absolute Gasteiger partial charge is 0.251 e. The Hall–Kier alpha value is -3.07. The minimum Gasteiger partial charge on any atom is -0.378 e. The molecular weight excluding hydrogens is 486 g/mol. The molecule has 0 unspecified atom stereocenters. The van der Waals surface area contributed by atoms with E-state index in [0.29, 0.717) is 22.8 Å². The second-order valence-electron chi connectivity index (χ2n) is 8.39. The van der Waals surface area contributed by atoms with Crippen molar-refractivity contribution >= 4 is 38.9 Å². The van der Waals surface area contributed by atoms with Gasteiger partial charge in [-0.05, 0) is 59.7 Å². The third kappa shape index (κ3) is 6.75. The summed E-state index contributed by atoms with van der Waals surface area (Å²) in [6.45, 7) is 3.79. The normalized spacial score (nSPS) is 13.9. The predicted molar refractivity (Wildman–Crippen MR) is 140 cm³/mol. The van der Waals surface area contributed by atoms with E-state index in [1.807, 2.05) is 12.1 Å². The van der Waals surface area contributed by atoms with Crippen molar-refractivity contribution in [2.24, 2.45) is 0 Å². The number of nitrogens with one attached hydrogen (secondary N) is 1.